The maximum absolute atomic E-state index is 11.7. The first-order valence-electron chi connectivity index (χ1n) is 5.18. The number of ketones is 2. The highest BCUT2D eigenvalue weighted by Gasteiger charge is 2.56. The Balaban J connectivity index is 3.19. The first kappa shape index (κ1) is 11.4. The van der Waals surface area contributed by atoms with E-state index in [1.807, 2.05) is 20.8 Å². The summed E-state index contributed by atoms with van der Waals surface area (Å²) >= 11 is 0. The van der Waals surface area contributed by atoms with Crippen LogP contribution >= 0.6 is 0 Å². The second kappa shape index (κ2) is 2.91. The molecular weight excluding hydrogens is 176 g/mol. The predicted octanol–water partition coefficient (Wildman–Crippen LogP) is 2.46. The van der Waals surface area contributed by atoms with Crippen molar-refractivity contribution in [3.63, 3.8) is 0 Å². The second-order valence-corrected chi connectivity index (χ2v) is 6.05. The minimum atomic E-state index is -0.491. The molecule has 0 amide bonds. The second-order valence-electron chi connectivity index (χ2n) is 6.05. The van der Waals surface area contributed by atoms with Crippen LogP contribution in [0.2, 0.25) is 0 Å². The van der Waals surface area contributed by atoms with Gasteiger partial charge in [-0.3, -0.25) is 9.59 Å². The lowest BCUT2D eigenvalue weighted by atomic mass is 9.65. The fourth-order valence-corrected chi connectivity index (χ4v) is 3.27. The Morgan fingerprint density at radius 1 is 1.14 bits per heavy atom. The Morgan fingerprint density at radius 3 is 1.71 bits per heavy atom. The average Bonchev–Trinajstić information content (AvgIpc) is 2.10. The Bertz CT molecular complexity index is 281. The van der Waals surface area contributed by atoms with Crippen LogP contribution < -0.4 is 0 Å². The molecule has 2 unspecified atom stereocenters. The molecule has 0 saturated heterocycles. The van der Waals surface area contributed by atoms with Crippen molar-refractivity contribution < 1.29 is 9.59 Å². The van der Waals surface area contributed by atoms with Gasteiger partial charge in [-0.05, 0) is 11.3 Å². The van der Waals surface area contributed by atoms with E-state index in [1.165, 1.54) is 0 Å². The Labute approximate surface area is 86.1 Å². The summed E-state index contributed by atoms with van der Waals surface area (Å²) in [5.74, 6) is -0.354. The Morgan fingerprint density at radius 2 is 1.57 bits per heavy atom. The topological polar surface area (TPSA) is 34.1 Å². The molecule has 1 saturated carbocycles. The quantitative estimate of drug-likeness (QED) is 0.558. The van der Waals surface area contributed by atoms with E-state index in [2.05, 4.69) is 20.8 Å². The SMILES string of the molecule is CC1C(=O)C(=O)C(C)(C)C1C(C)(C)C. The van der Waals surface area contributed by atoms with Crippen molar-refractivity contribution in [1.29, 1.82) is 0 Å². The van der Waals surface area contributed by atoms with Crippen molar-refractivity contribution in [3.05, 3.63) is 0 Å². The smallest absolute Gasteiger partial charge is 0.204 e. The van der Waals surface area contributed by atoms with Gasteiger partial charge in [0.15, 0.2) is 0 Å². The highest BCUT2D eigenvalue weighted by Crippen LogP contribution is 2.50. The largest absolute Gasteiger partial charge is 0.291 e. The number of Topliss-reactive ketones (excluding diaryl/α,β-unsaturated/α-hetero) is 2. The maximum Gasteiger partial charge on any atom is 0.204 e. The Kier molecular flexibility index (Phi) is 2.38. The van der Waals surface area contributed by atoms with E-state index >= 15 is 0 Å². The summed E-state index contributed by atoms with van der Waals surface area (Å²) in [5.41, 5.74) is -0.487. The highest BCUT2D eigenvalue weighted by atomic mass is 16.2. The summed E-state index contributed by atoms with van der Waals surface area (Å²) in [6.07, 6.45) is 0. The molecule has 1 aliphatic carbocycles. The van der Waals surface area contributed by atoms with Gasteiger partial charge in [0.1, 0.15) is 0 Å². The van der Waals surface area contributed by atoms with Crippen molar-refractivity contribution in [2.75, 3.05) is 0 Å². The number of carbonyl (C=O) groups excluding carboxylic acids is 2. The summed E-state index contributed by atoms with van der Waals surface area (Å²) in [7, 11) is 0. The summed E-state index contributed by atoms with van der Waals surface area (Å²) in [5, 5.41) is 0. The van der Waals surface area contributed by atoms with Crippen LogP contribution in [0.4, 0.5) is 0 Å². The van der Waals surface area contributed by atoms with Gasteiger partial charge in [-0.2, -0.15) is 0 Å². The van der Waals surface area contributed by atoms with Crippen molar-refractivity contribution in [2.24, 2.45) is 22.7 Å². The number of rotatable bonds is 0. The third kappa shape index (κ3) is 1.41. The van der Waals surface area contributed by atoms with Gasteiger partial charge in [0, 0.05) is 11.3 Å². The first-order valence-corrected chi connectivity index (χ1v) is 5.18. The van der Waals surface area contributed by atoms with Gasteiger partial charge in [0.2, 0.25) is 11.6 Å². The zero-order chi connectivity index (χ0) is 11.3. The zero-order valence-electron chi connectivity index (χ0n) is 9.97. The van der Waals surface area contributed by atoms with E-state index in [-0.39, 0.29) is 28.8 Å². The van der Waals surface area contributed by atoms with Gasteiger partial charge in [-0.15, -0.1) is 0 Å². The summed E-state index contributed by atoms with van der Waals surface area (Å²) in [6, 6.07) is 0. The molecule has 0 heterocycles. The van der Waals surface area contributed by atoms with Gasteiger partial charge in [0.25, 0.3) is 0 Å². The van der Waals surface area contributed by atoms with Gasteiger partial charge in [-0.25, -0.2) is 0 Å². The fourth-order valence-electron chi connectivity index (χ4n) is 3.27. The van der Waals surface area contributed by atoms with E-state index in [0.717, 1.165) is 0 Å². The molecule has 1 fully saturated rings. The molecule has 2 atom stereocenters. The number of hydrogen-bond acceptors (Lipinski definition) is 2. The lowest BCUT2D eigenvalue weighted by molar-refractivity contribution is -0.138. The first-order chi connectivity index (χ1) is 6.10. The molecular formula is C12H20O2. The van der Waals surface area contributed by atoms with E-state index in [4.69, 9.17) is 0 Å². The highest BCUT2D eigenvalue weighted by molar-refractivity contribution is 6.42. The van der Waals surface area contributed by atoms with Gasteiger partial charge in [0.05, 0.1) is 0 Å². The summed E-state index contributed by atoms with van der Waals surface area (Å²) in [6.45, 7) is 12.0. The Hall–Kier alpha value is -0.660. The number of carbonyl (C=O) groups is 2. The van der Waals surface area contributed by atoms with Crippen molar-refractivity contribution in [2.45, 2.75) is 41.5 Å². The van der Waals surface area contributed by atoms with Crippen LogP contribution in [-0.4, -0.2) is 11.6 Å². The lowest BCUT2D eigenvalue weighted by Crippen LogP contribution is -2.36. The van der Waals surface area contributed by atoms with Crippen LogP contribution in [0, 0.1) is 22.7 Å². The van der Waals surface area contributed by atoms with Crippen molar-refractivity contribution >= 4 is 11.6 Å². The van der Waals surface area contributed by atoms with Crippen LogP contribution in [0.25, 0.3) is 0 Å². The minimum Gasteiger partial charge on any atom is -0.291 e. The molecule has 0 aromatic heterocycles. The molecule has 0 radical (unpaired) electrons. The van der Waals surface area contributed by atoms with Crippen LogP contribution in [0.1, 0.15) is 41.5 Å². The summed E-state index contributed by atoms with van der Waals surface area (Å²) < 4.78 is 0. The average molecular weight is 196 g/mol. The van der Waals surface area contributed by atoms with E-state index in [0.29, 0.717) is 0 Å². The fraction of sp³-hybridized carbons (Fsp3) is 0.833. The maximum atomic E-state index is 11.7. The molecule has 0 spiro atoms. The molecule has 2 nitrogen and oxygen atoms in total. The monoisotopic (exact) mass is 196 g/mol. The normalized spacial score (nSPS) is 32.4. The molecule has 2 heteroatoms. The van der Waals surface area contributed by atoms with Crippen LogP contribution in [0.15, 0.2) is 0 Å². The van der Waals surface area contributed by atoms with Crippen molar-refractivity contribution in [1.82, 2.24) is 0 Å². The standard InChI is InChI=1S/C12H20O2/c1-7-8(13)10(14)12(5,6)9(7)11(2,3)4/h7,9H,1-6H3. The van der Waals surface area contributed by atoms with Crippen LogP contribution in [0.5, 0.6) is 0 Å². The van der Waals surface area contributed by atoms with E-state index < -0.39 is 5.41 Å². The van der Waals surface area contributed by atoms with Gasteiger partial charge >= 0.3 is 0 Å². The van der Waals surface area contributed by atoms with Crippen LogP contribution in [0.3, 0.4) is 0 Å². The number of hydrogen-bond donors (Lipinski definition) is 0. The third-order valence-corrected chi connectivity index (χ3v) is 3.43. The molecule has 0 aromatic carbocycles. The predicted molar refractivity (Wildman–Crippen MR) is 55.9 cm³/mol. The molecule has 0 N–H and O–H groups in total. The van der Waals surface area contributed by atoms with Crippen LogP contribution in [-0.2, 0) is 9.59 Å². The van der Waals surface area contributed by atoms with Crippen molar-refractivity contribution in [3.8, 4) is 0 Å². The molecule has 1 aliphatic rings. The van der Waals surface area contributed by atoms with Gasteiger partial charge in [-0.1, -0.05) is 41.5 Å². The van der Waals surface area contributed by atoms with E-state index in [1.54, 1.807) is 0 Å². The van der Waals surface area contributed by atoms with E-state index in [9.17, 15) is 9.59 Å². The molecule has 14 heavy (non-hydrogen) atoms. The molecule has 0 aromatic rings. The molecule has 1 rings (SSSR count). The third-order valence-electron chi connectivity index (χ3n) is 3.43. The summed E-state index contributed by atoms with van der Waals surface area (Å²) in [4.78, 5) is 23.4. The molecule has 80 valence electrons. The van der Waals surface area contributed by atoms with Gasteiger partial charge < -0.3 is 0 Å². The lowest BCUT2D eigenvalue weighted by Gasteiger charge is -2.38. The molecule has 0 bridgehead atoms. The molecule has 0 aliphatic heterocycles. The minimum absolute atomic E-state index is 0.00470. The zero-order valence-corrected chi connectivity index (χ0v) is 9.97.